The molecular formula is C7H13NO2. The number of amides is 1. The van der Waals surface area contributed by atoms with E-state index in [1.165, 1.54) is 6.92 Å². The summed E-state index contributed by atoms with van der Waals surface area (Å²) in [6.07, 6.45) is 0.701. The minimum absolute atomic E-state index is 0.0535. The van der Waals surface area contributed by atoms with Crippen molar-refractivity contribution in [3.63, 3.8) is 0 Å². The van der Waals surface area contributed by atoms with Crippen LogP contribution in [0.25, 0.3) is 0 Å². The van der Waals surface area contributed by atoms with Crippen molar-refractivity contribution in [2.45, 2.75) is 25.9 Å². The monoisotopic (exact) mass is 143 g/mol. The molecule has 3 heteroatoms. The lowest BCUT2D eigenvalue weighted by Gasteiger charge is -2.16. The Labute approximate surface area is 60.6 Å². The zero-order valence-corrected chi connectivity index (χ0v) is 6.42. The molecule has 1 aliphatic rings. The predicted octanol–water partition coefficient (Wildman–Crippen LogP) is -0.0104. The molecule has 3 nitrogen and oxygen atoms in total. The molecule has 0 spiro atoms. The Kier molecular flexibility index (Phi) is 1.68. The molecule has 1 heterocycles. The smallest absolute Gasteiger partial charge is 0.219 e. The molecule has 58 valence electrons. The molecule has 0 aromatic heterocycles. The lowest BCUT2D eigenvalue weighted by atomic mass is 10.1. The van der Waals surface area contributed by atoms with Gasteiger partial charge in [-0.05, 0) is 13.3 Å². The molecule has 0 aliphatic carbocycles. The van der Waals surface area contributed by atoms with Crippen LogP contribution in [0.3, 0.4) is 0 Å². The number of carbonyl (C=O) groups excluding carboxylic acids is 1. The first-order valence-electron chi connectivity index (χ1n) is 3.49. The van der Waals surface area contributed by atoms with Crippen LogP contribution in [-0.4, -0.2) is 34.6 Å². The molecule has 1 aliphatic heterocycles. The normalized spacial score (nSPS) is 32.9. The van der Waals surface area contributed by atoms with Crippen LogP contribution in [0.4, 0.5) is 0 Å². The third kappa shape index (κ3) is 1.48. The number of hydrogen-bond acceptors (Lipinski definition) is 2. The van der Waals surface area contributed by atoms with E-state index in [4.69, 9.17) is 0 Å². The summed E-state index contributed by atoms with van der Waals surface area (Å²) in [6, 6.07) is 0. The van der Waals surface area contributed by atoms with Gasteiger partial charge in [0.15, 0.2) is 0 Å². The summed E-state index contributed by atoms with van der Waals surface area (Å²) in [5.74, 6) is 0.0535. The molecule has 1 N–H and O–H groups in total. The summed E-state index contributed by atoms with van der Waals surface area (Å²) in [4.78, 5) is 12.4. The van der Waals surface area contributed by atoms with Crippen LogP contribution in [0.15, 0.2) is 0 Å². The molecule has 10 heavy (non-hydrogen) atoms. The first-order valence-corrected chi connectivity index (χ1v) is 3.49. The van der Waals surface area contributed by atoms with Gasteiger partial charge in [-0.25, -0.2) is 0 Å². The van der Waals surface area contributed by atoms with Gasteiger partial charge in [-0.3, -0.25) is 4.79 Å². The van der Waals surface area contributed by atoms with E-state index in [9.17, 15) is 9.90 Å². The molecule has 0 saturated carbocycles. The van der Waals surface area contributed by atoms with Crippen LogP contribution in [-0.2, 0) is 4.79 Å². The second kappa shape index (κ2) is 2.23. The van der Waals surface area contributed by atoms with Crippen LogP contribution in [0.2, 0.25) is 0 Å². The van der Waals surface area contributed by atoms with Gasteiger partial charge in [-0.1, -0.05) is 0 Å². The highest BCUT2D eigenvalue weighted by atomic mass is 16.3. The number of hydrogen-bond donors (Lipinski definition) is 1. The first-order chi connectivity index (χ1) is 4.51. The van der Waals surface area contributed by atoms with Gasteiger partial charge in [0.05, 0.1) is 5.60 Å². The average molecular weight is 143 g/mol. The maximum atomic E-state index is 10.7. The molecule has 1 atom stereocenters. The topological polar surface area (TPSA) is 40.5 Å². The highest BCUT2D eigenvalue weighted by molar-refractivity contribution is 5.73. The Balaban J connectivity index is 2.51. The Morgan fingerprint density at radius 3 is 2.50 bits per heavy atom. The van der Waals surface area contributed by atoms with Crippen molar-refractivity contribution in [2.75, 3.05) is 13.1 Å². The van der Waals surface area contributed by atoms with E-state index >= 15 is 0 Å². The van der Waals surface area contributed by atoms with Crippen LogP contribution in [0, 0.1) is 0 Å². The second-order valence-electron chi connectivity index (χ2n) is 3.19. The quantitative estimate of drug-likeness (QED) is 0.518. The van der Waals surface area contributed by atoms with Crippen molar-refractivity contribution in [1.29, 1.82) is 0 Å². The van der Waals surface area contributed by atoms with Gasteiger partial charge in [0.1, 0.15) is 0 Å². The summed E-state index contributed by atoms with van der Waals surface area (Å²) in [6.45, 7) is 4.47. The summed E-state index contributed by atoms with van der Waals surface area (Å²) >= 11 is 0. The minimum atomic E-state index is -0.647. The number of aliphatic hydroxyl groups is 1. The standard InChI is InChI=1S/C7H13NO2/c1-6(9)8-4-3-7(2,10)5-8/h10H,3-5H2,1-2H3/t7-/m1/s1. The lowest BCUT2D eigenvalue weighted by Crippen LogP contribution is -2.32. The van der Waals surface area contributed by atoms with Gasteiger partial charge < -0.3 is 10.0 Å². The number of likely N-dealkylation sites (tertiary alicyclic amines) is 1. The Hall–Kier alpha value is -0.570. The third-order valence-corrected chi connectivity index (χ3v) is 1.90. The fourth-order valence-corrected chi connectivity index (χ4v) is 1.21. The molecule has 0 bridgehead atoms. The first kappa shape index (κ1) is 7.54. The van der Waals surface area contributed by atoms with Gasteiger partial charge in [0, 0.05) is 20.0 Å². The van der Waals surface area contributed by atoms with Gasteiger partial charge >= 0.3 is 0 Å². The van der Waals surface area contributed by atoms with Crippen LogP contribution in [0.1, 0.15) is 20.3 Å². The number of β-amino-alcohol motifs (C(OH)–C–C–N with tert-alkyl or cyclic N) is 1. The van der Waals surface area contributed by atoms with Crippen LogP contribution >= 0.6 is 0 Å². The lowest BCUT2D eigenvalue weighted by molar-refractivity contribution is -0.128. The van der Waals surface area contributed by atoms with E-state index in [2.05, 4.69) is 0 Å². The van der Waals surface area contributed by atoms with E-state index in [0.29, 0.717) is 19.5 Å². The van der Waals surface area contributed by atoms with Gasteiger partial charge in [0.2, 0.25) is 5.91 Å². The van der Waals surface area contributed by atoms with Crippen molar-refractivity contribution in [3.05, 3.63) is 0 Å². The van der Waals surface area contributed by atoms with Crippen LogP contribution < -0.4 is 0 Å². The zero-order chi connectivity index (χ0) is 7.78. The van der Waals surface area contributed by atoms with Crippen molar-refractivity contribution in [3.8, 4) is 0 Å². The molecule has 0 aromatic rings. The molecule has 1 rings (SSSR count). The maximum Gasteiger partial charge on any atom is 0.219 e. The van der Waals surface area contributed by atoms with Crippen molar-refractivity contribution >= 4 is 5.91 Å². The fourth-order valence-electron chi connectivity index (χ4n) is 1.21. The van der Waals surface area contributed by atoms with E-state index in [1.807, 2.05) is 0 Å². The molecule has 1 saturated heterocycles. The SMILES string of the molecule is CC(=O)N1CC[C@@](C)(O)C1. The Bertz CT molecular complexity index is 154. The largest absolute Gasteiger partial charge is 0.388 e. The number of nitrogens with zero attached hydrogens (tertiary/aromatic N) is 1. The van der Waals surface area contributed by atoms with Crippen molar-refractivity contribution in [1.82, 2.24) is 4.90 Å². The highest BCUT2D eigenvalue weighted by Gasteiger charge is 2.32. The summed E-state index contributed by atoms with van der Waals surface area (Å²) in [7, 11) is 0. The molecule has 1 fully saturated rings. The van der Waals surface area contributed by atoms with Crippen molar-refractivity contribution < 1.29 is 9.90 Å². The van der Waals surface area contributed by atoms with Gasteiger partial charge in [-0.15, -0.1) is 0 Å². The molecule has 0 unspecified atom stereocenters. The average Bonchev–Trinajstić information content (AvgIpc) is 2.10. The Morgan fingerprint density at radius 2 is 2.30 bits per heavy atom. The maximum absolute atomic E-state index is 10.7. The van der Waals surface area contributed by atoms with E-state index in [-0.39, 0.29) is 5.91 Å². The zero-order valence-electron chi connectivity index (χ0n) is 6.42. The molecule has 0 aromatic carbocycles. The number of carbonyl (C=O) groups is 1. The van der Waals surface area contributed by atoms with Crippen LogP contribution in [0.5, 0.6) is 0 Å². The Morgan fingerprint density at radius 1 is 1.70 bits per heavy atom. The third-order valence-electron chi connectivity index (χ3n) is 1.90. The summed E-state index contributed by atoms with van der Waals surface area (Å²) < 4.78 is 0. The highest BCUT2D eigenvalue weighted by Crippen LogP contribution is 2.19. The molecule has 0 radical (unpaired) electrons. The van der Waals surface area contributed by atoms with Crippen molar-refractivity contribution in [2.24, 2.45) is 0 Å². The molecular weight excluding hydrogens is 130 g/mol. The summed E-state index contributed by atoms with van der Waals surface area (Å²) in [5.41, 5.74) is -0.647. The number of rotatable bonds is 0. The van der Waals surface area contributed by atoms with Gasteiger partial charge in [-0.2, -0.15) is 0 Å². The molecule has 1 amide bonds. The second-order valence-corrected chi connectivity index (χ2v) is 3.19. The van der Waals surface area contributed by atoms with E-state index < -0.39 is 5.60 Å². The van der Waals surface area contributed by atoms with Gasteiger partial charge in [0.25, 0.3) is 0 Å². The van der Waals surface area contributed by atoms with E-state index in [1.54, 1.807) is 11.8 Å². The van der Waals surface area contributed by atoms with E-state index in [0.717, 1.165) is 0 Å². The minimum Gasteiger partial charge on any atom is -0.388 e. The fraction of sp³-hybridized carbons (Fsp3) is 0.857. The summed E-state index contributed by atoms with van der Waals surface area (Å²) in [5, 5.41) is 9.42. The predicted molar refractivity (Wildman–Crippen MR) is 37.5 cm³/mol.